The maximum atomic E-state index is 13.2. The smallest absolute Gasteiger partial charge is 0.249 e. The molecule has 0 saturated carbocycles. The van der Waals surface area contributed by atoms with Gasteiger partial charge in [-0.1, -0.05) is 289 Å². The van der Waals surface area contributed by atoms with Crippen LogP contribution in [0.25, 0.3) is 0 Å². The lowest BCUT2D eigenvalue weighted by Gasteiger charge is -2.40. The fourth-order valence-electron chi connectivity index (χ4n) is 10.5. The molecule has 1 aliphatic heterocycles. The Morgan fingerprint density at radius 1 is 0.467 bits per heavy atom. The summed E-state index contributed by atoms with van der Waals surface area (Å²) in [7, 11) is 0. The Morgan fingerprint density at radius 2 is 0.813 bits per heavy atom. The summed E-state index contributed by atoms with van der Waals surface area (Å²) in [6.45, 7) is 3.50. The van der Waals surface area contributed by atoms with Crippen LogP contribution in [0.1, 0.15) is 309 Å². The SMILES string of the molecule is CCCCCCCCCCC/C=C\C/C=C\CCCCCCCCCCCCC(O)C(=O)NC(COC1OC(CO)C(O)C(O)C1O)C(O)C(O)CCCCCCCCCCCCCCCCCCCCCCCC. The maximum Gasteiger partial charge on any atom is 0.249 e. The molecule has 1 amide bonds. The van der Waals surface area contributed by atoms with Crippen molar-refractivity contribution < 1.29 is 50.0 Å². The minimum Gasteiger partial charge on any atom is -0.394 e. The van der Waals surface area contributed by atoms with E-state index in [2.05, 4.69) is 43.5 Å². The Labute approximate surface area is 461 Å². The third-order valence-electron chi connectivity index (χ3n) is 15.8. The average molecular weight is 1070 g/mol. The fraction of sp³-hybridized carbons (Fsp3) is 0.922. The van der Waals surface area contributed by atoms with Crippen LogP contribution in [0, 0.1) is 0 Å². The lowest BCUT2D eigenvalue weighted by molar-refractivity contribution is -0.303. The fourth-order valence-corrected chi connectivity index (χ4v) is 10.5. The normalized spacial score (nSPS) is 19.8. The number of allylic oxidation sites excluding steroid dienone is 4. The van der Waals surface area contributed by atoms with E-state index in [-0.39, 0.29) is 6.42 Å². The van der Waals surface area contributed by atoms with Gasteiger partial charge in [-0.3, -0.25) is 4.79 Å². The van der Waals surface area contributed by atoms with E-state index in [9.17, 15) is 40.5 Å². The molecular weight excluding hydrogens is 943 g/mol. The first-order chi connectivity index (χ1) is 36.7. The zero-order valence-electron chi connectivity index (χ0n) is 48.8. The van der Waals surface area contributed by atoms with Gasteiger partial charge in [0.2, 0.25) is 5.91 Å². The summed E-state index contributed by atoms with van der Waals surface area (Å²) in [5, 5.41) is 76.4. The number of nitrogens with one attached hydrogen (secondary N) is 1. The molecule has 0 radical (unpaired) electrons. The van der Waals surface area contributed by atoms with Crippen LogP contribution in [-0.2, 0) is 14.3 Å². The van der Waals surface area contributed by atoms with Crippen LogP contribution in [-0.4, -0.2) is 110 Å². The number of rotatable bonds is 56. The first kappa shape index (κ1) is 71.6. The topological polar surface area (TPSA) is 189 Å². The van der Waals surface area contributed by atoms with Crippen LogP contribution in [0.15, 0.2) is 24.3 Å². The second-order valence-electron chi connectivity index (χ2n) is 22.8. The molecule has 1 rings (SSSR count). The van der Waals surface area contributed by atoms with E-state index < -0.39 is 74.2 Å². The quantitative estimate of drug-likeness (QED) is 0.0215. The third kappa shape index (κ3) is 41.3. The monoisotopic (exact) mass is 1070 g/mol. The largest absolute Gasteiger partial charge is 0.394 e. The molecule has 0 spiro atoms. The summed E-state index contributed by atoms with van der Waals surface area (Å²) < 4.78 is 11.2. The van der Waals surface area contributed by atoms with Crippen molar-refractivity contribution in [2.24, 2.45) is 0 Å². The number of amides is 1. The first-order valence-electron chi connectivity index (χ1n) is 32.2. The van der Waals surface area contributed by atoms with Gasteiger partial charge in [0.1, 0.15) is 36.6 Å². The Bertz CT molecular complexity index is 1270. The molecule has 0 aromatic heterocycles. The molecule has 11 nitrogen and oxygen atoms in total. The van der Waals surface area contributed by atoms with Crippen molar-refractivity contribution in [2.45, 2.75) is 364 Å². The number of ether oxygens (including phenoxy) is 2. The minimum absolute atomic E-state index is 0.258. The van der Waals surface area contributed by atoms with Gasteiger partial charge in [0.05, 0.1) is 25.4 Å². The molecule has 75 heavy (non-hydrogen) atoms. The van der Waals surface area contributed by atoms with Gasteiger partial charge in [-0.2, -0.15) is 0 Å². The molecule has 1 heterocycles. The lowest BCUT2D eigenvalue weighted by atomic mass is 9.98. The molecule has 0 bridgehead atoms. The van der Waals surface area contributed by atoms with Gasteiger partial charge in [0.15, 0.2) is 6.29 Å². The van der Waals surface area contributed by atoms with Crippen molar-refractivity contribution in [3.8, 4) is 0 Å². The molecular formula is C64H123NO10. The van der Waals surface area contributed by atoms with Crippen molar-refractivity contribution in [2.75, 3.05) is 13.2 Å². The highest BCUT2D eigenvalue weighted by atomic mass is 16.7. The molecule has 0 aromatic rings. The maximum absolute atomic E-state index is 13.2. The van der Waals surface area contributed by atoms with E-state index in [0.717, 1.165) is 51.4 Å². The zero-order valence-corrected chi connectivity index (χ0v) is 48.8. The van der Waals surface area contributed by atoms with Crippen molar-refractivity contribution in [1.82, 2.24) is 5.32 Å². The van der Waals surface area contributed by atoms with Crippen LogP contribution in [0.3, 0.4) is 0 Å². The number of hydrogen-bond donors (Lipinski definition) is 8. The number of aliphatic hydroxyl groups excluding tert-OH is 7. The van der Waals surface area contributed by atoms with Crippen LogP contribution in [0.5, 0.6) is 0 Å². The van der Waals surface area contributed by atoms with Crippen LogP contribution >= 0.6 is 0 Å². The second kappa shape index (κ2) is 53.2. The number of carbonyl (C=O) groups is 1. The molecule has 11 heteroatoms. The van der Waals surface area contributed by atoms with Gasteiger partial charge in [-0.05, 0) is 44.9 Å². The molecule has 444 valence electrons. The van der Waals surface area contributed by atoms with Gasteiger partial charge in [-0.15, -0.1) is 0 Å². The summed E-state index contributed by atoms with van der Waals surface area (Å²) in [5.74, 6) is -0.695. The molecule has 9 unspecified atom stereocenters. The van der Waals surface area contributed by atoms with Gasteiger partial charge in [0.25, 0.3) is 0 Å². The van der Waals surface area contributed by atoms with E-state index in [1.165, 1.54) is 218 Å². The standard InChI is InChI=1S/C64H123NO10/c1-3-5-7-9-11-13-15-17-19-21-23-25-27-28-29-30-32-34-36-38-40-42-44-46-48-50-52-57(68)63(73)65-55(54-74-64-62(72)61(71)60(70)58(53-66)75-64)59(69)56(67)51-49-47-45-43-41-39-37-35-33-31-26-24-22-20-18-16-14-12-10-8-6-4-2/h23,25,28-29,55-62,64,66-72H,3-22,24,26-27,30-54H2,1-2H3,(H,65,73)/b25-23-,29-28-. The Hall–Kier alpha value is -1.41. The van der Waals surface area contributed by atoms with Crippen LogP contribution < -0.4 is 5.32 Å². The third-order valence-corrected chi connectivity index (χ3v) is 15.8. The van der Waals surface area contributed by atoms with Gasteiger partial charge < -0.3 is 50.5 Å². The van der Waals surface area contributed by atoms with Crippen molar-refractivity contribution in [3.05, 3.63) is 24.3 Å². The summed E-state index contributed by atoms with van der Waals surface area (Å²) in [4.78, 5) is 13.2. The lowest BCUT2D eigenvalue weighted by Crippen LogP contribution is -2.60. The van der Waals surface area contributed by atoms with Crippen LogP contribution in [0.2, 0.25) is 0 Å². The van der Waals surface area contributed by atoms with E-state index in [1.807, 2.05) is 0 Å². The number of hydrogen-bond acceptors (Lipinski definition) is 10. The minimum atomic E-state index is -1.66. The van der Waals surface area contributed by atoms with E-state index in [1.54, 1.807) is 0 Å². The summed E-state index contributed by atoms with van der Waals surface area (Å²) >= 11 is 0. The predicted molar refractivity (Wildman–Crippen MR) is 312 cm³/mol. The van der Waals surface area contributed by atoms with Gasteiger partial charge in [-0.25, -0.2) is 0 Å². The summed E-state index contributed by atoms with van der Waals surface area (Å²) in [6.07, 6.45) is 53.7. The zero-order chi connectivity index (χ0) is 54.7. The highest BCUT2D eigenvalue weighted by molar-refractivity contribution is 5.80. The average Bonchev–Trinajstić information content (AvgIpc) is 3.41. The number of carbonyl (C=O) groups excluding carboxylic acids is 1. The molecule has 1 saturated heterocycles. The van der Waals surface area contributed by atoms with E-state index >= 15 is 0 Å². The Morgan fingerprint density at radius 3 is 1.19 bits per heavy atom. The van der Waals surface area contributed by atoms with E-state index in [4.69, 9.17) is 9.47 Å². The van der Waals surface area contributed by atoms with Crippen LogP contribution in [0.4, 0.5) is 0 Å². The molecule has 0 aromatic carbocycles. The van der Waals surface area contributed by atoms with E-state index in [0.29, 0.717) is 19.3 Å². The molecule has 1 fully saturated rings. The first-order valence-corrected chi connectivity index (χ1v) is 32.2. The van der Waals surface area contributed by atoms with Gasteiger partial charge >= 0.3 is 0 Å². The number of unbranched alkanes of at least 4 members (excludes halogenated alkanes) is 40. The summed E-state index contributed by atoms with van der Waals surface area (Å²) in [5.41, 5.74) is 0. The molecule has 9 atom stereocenters. The highest BCUT2D eigenvalue weighted by Crippen LogP contribution is 2.24. The predicted octanol–water partition coefficient (Wildman–Crippen LogP) is 14.5. The highest BCUT2D eigenvalue weighted by Gasteiger charge is 2.44. The van der Waals surface area contributed by atoms with Gasteiger partial charge in [0, 0.05) is 0 Å². The molecule has 0 aliphatic carbocycles. The summed E-state index contributed by atoms with van der Waals surface area (Å²) in [6, 6.07) is -1.17. The van der Waals surface area contributed by atoms with Crippen molar-refractivity contribution in [1.29, 1.82) is 0 Å². The second-order valence-corrected chi connectivity index (χ2v) is 22.8. The Balaban J connectivity index is 2.26. The Kier molecular flexibility index (Phi) is 50.8. The van der Waals surface area contributed by atoms with Crippen molar-refractivity contribution in [3.63, 3.8) is 0 Å². The molecule has 1 aliphatic rings. The molecule has 8 N–H and O–H groups in total. The number of aliphatic hydroxyl groups is 7. The van der Waals surface area contributed by atoms with Crippen molar-refractivity contribution >= 4 is 5.91 Å².